The standard InChI is InChI=1S/C8H15N2.C4HF9O3S/c1-3-5-10-7-6-9(4-2)8-10;5-1(6,3(9,10)11)2(7,8)4(12,13)17(14,15)16/h6-8H,3-5H2,1-2H3;(H,14,15,16)/q+1;/p-1. The zero-order valence-electron chi connectivity index (χ0n) is 13.8. The van der Waals surface area contributed by atoms with Gasteiger partial charge < -0.3 is 4.55 Å². The molecular weight excluding hydrogens is 423 g/mol. The number of alkyl halides is 9. The number of halogens is 9. The Morgan fingerprint density at radius 2 is 1.44 bits per heavy atom. The summed E-state index contributed by atoms with van der Waals surface area (Å²) in [6.45, 7) is 6.54. The molecule has 0 saturated carbocycles. The number of hydrogen-bond donors (Lipinski definition) is 0. The first-order valence-electron chi connectivity index (χ1n) is 7.07. The van der Waals surface area contributed by atoms with E-state index in [1.54, 1.807) is 0 Å². The maximum Gasteiger partial charge on any atom is 0.460 e. The van der Waals surface area contributed by atoms with Crippen LogP contribution in [0.3, 0.4) is 0 Å². The van der Waals surface area contributed by atoms with Crippen LogP contribution in [-0.2, 0) is 23.2 Å². The summed E-state index contributed by atoms with van der Waals surface area (Å²) in [6.07, 6.45) is 0.412. The average Bonchev–Trinajstić information content (AvgIpc) is 2.93. The summed E-state index contributed by atoms with van der Waals surface area (Å²) in [4.78, 5) is 0. The van der Waals surface area contributed by atoms with Crippen molar-refractivity contribution in [2.24, 2.45) is 0 Å². The van der Waals surface area contributed by atoms with Crippen molar-refractivity contribution >= 4 is 10.1 Å². The molecule has 0 unspecified atom stereocenters. The van der Waals surface area contributed by atoms with Gasteiger partial charge in [0, 0.05) is 0 Å². The van der Waals surface area contributed by atoms with Gasteiger partial charge in [-0.05, 0) is 13.3 Å². The molecule has 0 fully saturated rings. The summed E-state index contributed by atoms with van der Waals surface area (Å²) in [6, 6.07) is 0. The Kier molecular flexibility index (Phi) is 7.78. The fraction of sp³-hybridized carbons (Fsp3) is 0.750. The van der Waals surface area contributed by atoms with Gasteiger partial charge in [-0.25, -0.2) is 17.6 Å². The van der Waals surface area contributed by atoms with E-state index in [0.717, 1.165) is 13.1 Å². The predicted octanol–water partition coefficient (Wildman–Crippen LogP) is 3.16. The topological polar surface area (TPSA) is 66.0 Å². The van der Waals surface area contributed by atoms with Crippen LogP contribution in [0.15, 0.2) is 18.7 Å². The van der Waals surface area contributed by atoms with E-state index in [2.05, 4.69) is 41.7 Å². The maximum atomic E-state index is 12.2. The first-order valence-corrected chi connectivity index (χ1v) is 8.48. The van der Waals surface area contributed by atoms with Gasteiger partial charge in [0.15, 0.2) is 10.1 Å². The molecule has 1 aromatic heterocycles. The molecule has 0 aliphatic heterocycles. The third kappa shape index (κ3) is 5.27. The summed E-state index contributed by atoms with van der Waals surface area (Å²) in [5, 5.41) is -7.11. The van der Waals surface area contributed by atoms with Crippen LogP contribution in [0.5, 0.6) is 0 Å². The summed E-state index contributed by atoms with van der Waals surface area (Å²) in [5.74, 6) is -14.8. The van der Waals surface area contributed by atoms with Gasteiger partial charge in [-0.15, -0.1) is 0 Å². The molecule has 0 bridgehead atoms. The molecule has 160 valence electrons. The highest BCUT2D eigenvalue weighted by Gasteiger charge is 2.83. The number of nitrogens with zero attached hydrogens (tertiary/aromatic N) is 2. The molecule has 0 aromatic carbocycles. The fourth-order valence-electron chi connectivity index (χ4n) is 1.53. The van der Waals surface area contributed by atoms with Crippen molar-refractivity contribution in [1.29, 1.82) is 0 Å². The minimum absolute atomic E-state index is 1.07. The Hall–Kier alpha value is -1.51. The van der Waals surface area contributed by atoms with Crippen molar-refractivity contribution in [3.63, 3.8) is 0 Å². The quantitative estimate of drug-likeness (QED) is 0.390. The second kappa shape index (κ2) is 8.24. The highest BCUT2D eigenvalue weighted by atomic mass is 32.2. The summed E-state index contributed by atoms with van der Waals surface area (Å²) < 4.78 is 140. The van der Waals surface area contributed by atoms with Gasteiger partial charge >= 0.3 is 23.3 Å². The van der Waals surface area contributed by atoms with Crippen molar-refractivity contribution in [2.75, 3.05) is 0 Å². The molecule has 0 spiro atoms. The molecule has 1 heterocycles. The number of hydrogen-bond acceptors (Lipinski definition) is 3. The Labute approximate surface area is 148 Å². The Morgan fingerprint density at radius 1 is 0.963 bits per heavy atom. The van der Waals surface area contributed by atoms with Gasteiger partial charge in [-0.1, -0.05) is 6.92 Å². The number of imidazole rings is 1. The number of rotatable bonds is 6. The lowest BCUT2D eigenvalue weighted by Crippen LogP contribution is -2.63. The minimum atomic E-state index is -7.43. The predicted molar refractivity (Wildman–Crippen MR) is 71.2 cm³/mol. The zero-order valence-corrected chi connectivity index (χ0v) is 14.6. The first kappa shape index (κ1) is 25.5. The second-order valence-electron chi connectivity index (χ2n) is 5.10. The van der Waals surface area contributed by atoms with Crippen LogP contribution in [0.4, 0.5) is 39.5 Å². The number of aryl methyl sites for hydroxylation is 2. The molecule has 0 amide bonds. The van der Waals surface area contributed by atoms with Crippen LogP contribution in [0.2, 0.25) is 0 Å². The van der Waals surface area contributed by atoms with Crippen molar-refractivity contribution < 1.29 is 57.1 Å². The van der Waals surface area contributed by atoms with E-state index in [-0.39, 0.29) is 0 Å². The molecule has 5 nitrogen and oxygen atoms in total. The molecule has 0 aliphatic rings. The molecular formula is C12H15F9N2O3S. The molecule has 0 atom stereocenters. The van der Waals surface area contributed by atoms with E-state index in [9.17, 15) is 52.5 Å². The Morgan fingerprint density at radius 3 is 1.74 bits per heavy atom. The Balaban J connectivity index is 0.000000569. The average molecular weight is 438 g/mol. The minimum Gasteiger partial charge on any atom is -0.743 e. The van der Waals surface area contributed by atoms with Crippen molar-refractivity contribution in [1.82, 2.24) is 4.57 Å². The third-order valence-electron chi connectivity index (χ3n) is 3.02. The second-order valence-corrected chi connectivity index (χ2v) is 6.52. The van der Waals surface area contributed by atoms with Gasteiger partial charge in [0.2, 0.25) is 6.33 Å². The molecule has 1 rings (SSSR count). The monoisotopic (exact) mass is 438 g/mol. The largest absolute Gasteiger partial charge is 0.743 e. The molecule has 1 aromatic rings. The van der Waals surface area contributed by atoms with Crippen LogP contribution in [0, 0.1) is 0 Å². The molecule has 27 heavy (non-hydrogen) atoms. The van der Waals surface area contributed by atoms with Crippen molar-refractivity contribution in [3.05, 3.63) is 18.7 Å². The van der Waals surface area contributed by atoms with E-state index < -0.39 is 33.4 Å². The van der Waals surface area contributed by atoms with E-state index in [1.807, 2.05) is 0 Å². The smallest absolute Gasteiger partial charge is 0.460 e. The lowest BCUT2D eigenvalue weighted by Gasteiger charge is -2.34. The molecule has 0 aliphatic carbocycles. The summed E-state index contributed by atoms with van der Waals surface area (Å²) in [5.41, 5.74) is 0. The van der Waals surface area contributed by atoms with Crippen LogP contribution >= 0.6 is 0 Å². The van der Waals surface area contributed by atoms with Crippen LogP contribution < -0.4 is 4.57 Å². The summed E-state index contributed by atoms with van der Waals surface area (Å²) in [7, 11) is -7.42. The molecule has 0 saturated heterocycles. The van der Waals surface area contributed by atoms with Crippen LogP contribution in [0.25, 0.3) is 0 Å². The van der Waals surface area contributed by atoms with Crippen LogP contribution in [0.1, 0.15) is 20.3 Å². The fourth-order valence-corrected chi connectivity index (χ4v) is 1.98. The highest BCUT2D eigenvalue weighted by molar-refractivity contribution is 7.86. The summed E-state index contributed by atoms with van der Waals surface area (Å²) >= 11 is 0. The van der Waals surface area contributed by atoms with Gasteiger partial charge in [0.25, 0.3) is 0 Å². The van der Waals surface area contributed by atoms with Gasteiger partial charge in [0.1, 0.15) is 12.4 Å². The molecule has 15 heteroatoms. The lowest BCUT2D eigenvalue weighted by atomic mass is 10.1. The van der Waals surface area contributed by atoms with E-state index in [1.165, 1.54) is 6.42 Å². The third-order valence-corrected chi connectivity index (χ3v) is 3.91. The maximum absolute atomic E-state index is 12.2. The van der Waals surface area contributed by atoms with Gasteiger partial charge in [-0.2, -0.15) is 39.5 Å². The van der Waals surface area contributed by atoms with Crippen LogP contribution in [-0.4, -0.2) is 40.8 Å². The molecule has 0 radical (unpaired) electrons. The first-order chi connectivity index (χ1) is 11.9. The SMILES string of the molecule is CCC[n+]1ccn(CC)c1.O=S(=O)([O-])C(F)(F)C(F)(F)C(F)(F)C(F)(F)F. The zero-order chi connectivity index (χ0) is 21.9. The van der Waals surface area contributed by atoms with E-state index in [4.69, 9.17) is 0 Å². The normalized spacial score (nSPS) is 13.9. The molecule has 0 N–H and O–H groups in total. The van der Waals surface area contributed by atoms with Gasteiger partial charge in [0.05, 0.1) is 13.1 Å². The number of aromatic nitrogens is 2. The van der Waals surface area contributed by atoms with Crippen molar-refractivity contribution in [3.8, 4) is 0 Å². The van der Waals surface area contributed by atoms with E-state index in [0.29, 0.717) is 0 Å². The lowest BCUT2D eigenvalue weighted by molar-refractivity contribution is -0.696. The van der Waals surface area contributed by atoms with Crippen molar-refractivity contribution in [2.45, 2.75) is 56.6 Å². The highest BCUT2D eigenvalue weighted by Crippen LogP contribution is 2.54. The van der Waals surface area contributed by atoms with E-state index >= 15 is 0 Å². The van der Waals surface area contributed by atoms with Gasteiger partial charge in [-0.3, -0.25) is 0 Å². The Bertz CT molecular complexity index is 714.